The second kappa shape index (κ2) is 4.61. The summed E-state index contributed by atoms with van der Waals surface area (Å²) in [7, 11) is 0. The molecule has 0 saturated heterocycles. The number of benzene rings is 1. The number of halogens is 5. The fourth-order valence-corrected chi connectivity index (χ4v) is 2.33. The zero-order valence-corrected chi connectivity index (χ0v) is 10.6. The Morgan fingerprint density at radius 1 is 1.37 bits per heavy atom. The van der Waals surface area contributed by atoms with Gasteiger partial charge in [0.05, 0.1) is 10.5 Å². The monoisotopic (exact) mass is 311 g/mol. The van der Waals surface area contributed by atoms with E-state index in [-0.39, 0.29) is 20.9 Å². The van der Waals surface area contributed by atoms with Gasteiger partial charge in [-0.1, -0.05) is 23.2 Å². The van der Waals surface area contributed by atoms with Gasteiger partial charge in [-0.25, -0.2) is 18.0 Å². The third-order valence-electron chi connectivity index (χ3n) is 2.71. The number of rotatable bonds is 3. The molecule has 1 unspecified atom stereocenters. The van der Waals surface area contributed by atoms with E-state index in [1.807, 2.05) is 0 Å². The number of aliphatic carboxylic acids is 1. The Balaban J connectivity index is 2.79. The summed E-state index contributed by atoms with van der Waals surface area (Å²) in [6, 6.07) is 2.50. The molecule has 1 heterocycles. The van der Waals surface area contributed by atoms with Crippen LogP contribution in [0, 0.1) is 0 Å². The van der Waals surface area contributed by atoms with Crippen LogP contribution in [0.25, 0.3) is 10.9 Å². The van der Waals surface area contributed by atoms with Crippen LogP contribution in [0.4, 0.5) is 13.2 Å². The van der Waals surface area contributed by atoms with Crippen molar-refractivity contribution in [2.75, 3.05) is 0 Å². The van der Waals surface area contributed by atoms with Gasteiger partial charge < -0.3 is 10.1 Å². The first-order chi connectivity index (χ1) is 8.78. The van der Waals surface area contributed by atoms with Gasteiger partial charge in [-0.3, -0.25) is 0 Å². The van der Waals surface area contributed by atoms with Crippen molar-refractivity contribution in [3.63, 3.8) is 0 Å². The molecule has 2 rings (SSSR count). The predicted octanol–water partition coefficient (Wildman–Crippen LogP) is 3.99. The standard InChI is InChI=1S/C11H6Cl2F3NO2/c12-4-1-5-6(3-17-8(5)7(13)2-4)11(16,9(14)15)10(18)19/h1-3,9,17H,(H,18,19). The second-order valence-corrected chi connectivity index (χ2v) is 4.67. The van der Waals surface area contributed by atoms with Gasteiger partial charge in [0, 0.05) is 22.2 Å². The lowest BCUT2D eigenvalue weighted by Crippen LogP contribution is -2.38. The third-order valence-corrected chi connectivity index (χ3v) is 3.23. The molecule has 0 amide bonds. The zero-order chi connectivity index (χ0) is 14.4. The van der Waals surface area contributed by atoms with Crippen molar-refractivity contribution in [2.24, 2.45) is 0 Å². The first-order valence-electron chi connectivity index (χ1n) is 4.95. The predicted molar refractivity (Wildman–Crippen MR) is 64.7 cm³/mol. The lowest BCUT2D eigenvalue weighted by Gasteiger charge is -2.19. The number of hydrogen-bond acceptors (Lipinski definition) is 1. The zero-order valence-electron chi connectivity index (χ0n) is 9.05. The van der Waals surface area contributed by atoms with E-state index in [1.165, 1.54) is 12.1 Å². The fraction of sp³-hybridized carbons (Fsp3) is 0.182. The molecule has 0 saturated carbocycles. The maximum atomic E-state index is 14.1. The highest BCUT2D eigenvalue weighted by Gasteiger charge is 2.51. The summed E-state index contributed by atoms with van der Waals surface area (Å²) < 4.78 is 39.7. The highest BCUT2D eigenvalue weighted by Crippen LogP contribution is 2.40. The Labute approximate surface area is 114 Å². The molecule has 0 radical (unpaired) electrons. The normalized spacial score (nSPS) is 14.8. The van der Waals surface area contributed by atoms with Crippen LogP contribution in [0.5, 0.6) is 0 Å². The molecule has 1 aromatic heterocycles. The Kier molecular flexibility index (Phi) is 3.40. The molecule has 0 fully saturated rings. The highest BCUT2D eigenvalue weighted by molar-refractivity contribution is 6.38. The average Bonchev–Trinajstić information content (AvgIpc) is 2.71. The van der Waals surface area contributed by atoms with Crippen molar-refractivity contribution in [1.82, 2.24) is 4.98 Å². The Hall–Kier alpha value is -1.40. The molecule has 0 aliphatic carbocycles. The SMILES string of the molecule is O=C(O)C(F)(c1c[nH]c2c(Cl)cc(Cl)cc12)C(F)F. The van der Waals surface area contributed by atoms with Crippen molar-refractivity contribution >= 4 is 40.1 Å². The van der Waals surface area contributed by atoms with E-state index < -0.39 is 23.6 Å². The van der Waals surface area contributed by atoms with Crippen molar-refractivity contribution in [2.45, 2.75) is 12.1 Å². The van der Waals surface area contributed by atoms with Gasteiger partial charge >= 0.3 is 5.97 Å². The maximum Gasteiger partial charge on any atom is 0.352 e. The molecular weight excluding hydrogens is 306 g/mol. The van der Waals surface area contributed by atoms with E-state index in [0.717, 1.165) is 6.20 Å². The molecule has 3 nitrogen and oxygen atoms in total. The smallest absolute Gasteiger partial charge is 0.352 e. The van der Waals surface area contributed by atoms with Gasteiger partial charge in [-0.2, -0.15) is 0 Å². The van der Waals surface area contributed by atoms with Gasteiger partial charge in [-0.05, 0) is 12.1 Å². The van der Waals surface area contributed by atoms with Crippen LogP contribution < -0.4 is 0 Å². The van der Waals surface area contributed by atoms with Crippen molar-refractivity contribution in [3.8, 4) is 0 Å². The second-order valence-electron chi connectivity index (χ2n) is 3.83. The van der Waals surface area contributed by atoms with Crippen LogP contribution >= 0.6 is 23.2 Å². The molecule has 0 spiro atoms. The third kappa shape index (κ3) is 2.04. The van der Waals surface area contributed by atoms with E-state index >= 15 is 0 Å². The van der Waals surface area contributed by atoms with Crippen LogP contribution in [0.3, 0.4) is 0 Å². The van der Waals surface area contributed by atoms with Crippen molar-refractivity contribution in [1.29, 1.82) is 0 Å². The molecule has 0 aliphatic heterocycles. The van der Waals surface area contributed by atoms with E-state index in [2.05, 4.69) is 4.98 Å². The lowest BCUT2D eigenvalue weighted by atomic mass is 9.96. The molecule has 0 aliphatic rings. The molecule has 102 valence electrons. The summed E-state index contributed by atoms with van der Waals surface area (Å²) in [5, 5.41) is 8.81. The van der Waals surface area contributed by atoms with Crippen molar-refractivity contribution in [3.05, 3.63) is 33.9 Å². The van der Waals surface area contributed by atoms with Crippen LogP contribution in [-0.2, 0) is 10.5 Å². The molecule has 2 aromatic rings. The Morgan fingerprint density at radius 2 is 2.00 bits per heavy atom. The Bertz CT molecular complexity index is 659. The number of carbonyl (C=O) groups is 1. The molecule has 2 N–H and O–H groups in total. The number of H-pyrrole nitrogens is 1. The van der Waals surface area contributed by atoms with E-state index in [9.17, 15) is 18.0 Å². The molecule has 19 heavy (non-hydrogen) atoms. The minimum Gasteiger partial charge on any atom is -0.478 e. The van der Waals surface area contributed by atoms with Gasteiger partial charge in [-0.15, -0.1) is 0 Å². The summed E-state index contributed by atoms with van der Waals surface area (Å²) in [6.45, 7) is 0. The first kappa shape index (κ1) is 14.0. The molecule has 1 atom stereocenters. The summed E-state index contributed by atoms with van der Waals surface area (Å²) in [6.07, 6.45) is -2.88. The number of aromatic nitrogens is 1. The fourth-order valence-electron chi connectivity index (χ4n) is 1.78. The van der Waals surface area contributed by atoms with E-state index in [4.69, 9.17) is 28.3 Å². The molecular formula is C11H6Cl2F3NO2. The Morgan fingerprint density at radius 3 is 2.53 bits per heavy atom. The minimum absolute atomic E-state index is 0.0794. The number of alkyl halides is 3. The summed E-state index contributed by atoms with van der Waals surface area (Å²) in [4.78, 5) is 13.3. The molecule has 0 bridgehead atoms. The topological polar surface area (TPSA) is 53.1 Å². The largest absolute Gasteiger partial charge is 0.478 e. The number of aromatic amines is 1. The quantitative estimate of drug-likeness (QED) is 0.900. The summed E-state index contributed by atoms with van der Waals surface area (Å²) in [5.41, 5.74) is -4.40. The number of carboxylic acid groups (broad SMARTS) is 1. The van der Waals surface area contributed by atoms with Gasteiger partial charge in [0.15, 0.2) is 0 Å². The number of carboxylic acids is 1. The number of fused-ring (bicyclic) bond motifs is 1. The average molecular weight is 312 g/mol. The van der Waals surface area contributed by atoms with Crippen molar-refractivity contribution < 1.29 is 23.1 Å². The minimum atomic E-state index is -3.83. The van der Waals surface area contributed by atoms with Crippen LogP contribution in [0.1, 0.15) is 5.56 Å². The lowest BCUT2D eigenvalue weighted by molar-refractivity contribution is -0.164. The van der Waals surface area contributed by atoms with Gasteiger partial charge in [0.25, 0.3) is 12.1 Å². The maximum absolute atomic E-state index is 14.1. The number of nitrogens with one attached hydrogen (secondary N) is 1. The van der Waals surface area contributed by atoms with Crippen LogP contribution in [-0.4, -0.2) is 22.5 Å². The van der Waals surface area contributed by atoms with E-state index in [0.29, 0.717) is 0 Å². The van der Waals surface area contributed by atoms with E-state index in [1.54, 1.807) is 0 Å². The molecule has 1 aromatic carbocycles. The van der Waals surface area contributed by atoms with Crippen LogP contribution in [0.2, 0.25) is 10.0 Å². The number of hydrogen-bond donors (Lipinski definition) is 2. The molecule has 8 heteroatoms. The highest BCUT2D eigenvalue weighted by atomic mass is 35.5. The van der Waals surface area contributed by atoms with Gasteiger partial charge in [0.2, 0.25) is 0 Å². The van der Waals surface area contributed by atoms with Gasteiger partial charge in [0.1, 0.15) is 0 Å². The first-order valence-corrected chi connectivity index (χ1v) is 5.71. The summed E-state index contributed by atoms with van der Waals surface area (Å²) in [5.74, 6) is -2.28. The van der Waals surface area contributed by atoms with Crippen LogP contribution in [0.15, 0.2) is 18.3 Å². The summed E-state index contributed by atoms with van der Waals surface area (Å²) >= 11 is 11.5.